The second kappa shape index (κ2) is 3.89. The number of amides is 1. The van der Waals surface area contributed by atoms with Gasteiger partial charge in [0.25, 0.3) is 5.91 Å². The van der Waals surface area contributed by atoms with E-state index in [2.05, 4.69) is 10.3 Å². The van der Waals surface area contributed by atoms with Gasteiger partial charge in [-0.25, -0.2) is 4.98 Å². The predicted octanol–water partition coefficient (Wildman–Crippen LogP) is 0.785. The van der Waals surface area contributed by atoms with Crippen LogP contribution < -0.4 is 11.1 Å². The van der Waals surface area contributed by atoms with Gasteiger partial charge in [-0.1, -0.05) is 6.92 Å². The number of nitrogens with two attached hydrogens (primary N) is 1. The fraction of sp³-hybridized carbons (Fsp3) is 0.333. The van der Waals surface area contributed by atoms with Gasteiger partial charge >= 0.3 is 0 Å². The molecule has 1 rings (SSSR count). The molecule has 0 unspecified atom stereocenters. The molecule has 70 valence electrons. The third-order valence-electron chi connectivity index (χ3n) is 1.85. The lowest BCUT2D eigenvalue weighted by molar-refractivity contribution is 0.100. The van der Waals surface area contributed by atoms with Crippen LogP contribution in [0.4, 0.5) is 5.82 Å². The lowest BCUT2D eigenvalue weighted by Crippen LogP contribution is -2.14. The molecule has 0 fully saturated rings. The van der Waals surface area contributed by atoms with Crippen LogP contribution in [0.1, 0.15) is 22.8 Å². The summed E-state index contributed by atoms with van der Waals surface area (Å²) in [6.45, 7) is 2.00. The average Bonchev–Trinajstić information content (AvgIpc) is 2.16. The summed E-state index contributed by atoms with van der Waals surface area (Å²) in [4.78, 5) is 15.1. The third-order valence-corrected chi connectivity index (χ3v) is 1.85. The lowest BCUT2D eigenvalue weighted by Gasteiger charge is -2.05. The van der Waals surface area contributed by atoms with E-state index >= 15 is 0 Å². The van der Waals surface area contributed by atoms with Crippen LogP contribution in [-0.2, 0) is 6.42 Å². The molecule has 3 N–H and O–H groups in total. The van der Waals surface area contributed by atoms with Crippen molar-refractivity contribution in [3.63, 3.8) is 0 Å². The summed E-state index contributed by atoms with van der Waals surface area (Å²) >= 11 is 0. The SMILES string of the molecule is CCc1cnc(NC)c(C(N)=O)c1. The molecule has 1 aromatic heterocycles. The van der Waals surface area contributed by atoms with Crippen molar-refractivity contribution >= 4 is 11.7 Å². The van der Waals surface area contributed by atoms with Crippen LogP contribution in [0.15, 0.2) is 12.3 Å². The quantitative estimate of drug-likeness (QED) is 0.720. The molecular weight excluding hydrogens is 166 g/mol. The van der Waals surface area contributed by atoms with Gasteiger partial charge in [-0.05, 0) is 18.1 Å². The average molecular weight is 179 g/mol. The highest BCUT2D eigenvalue weighted by Gasteiger charge is 2.08. The van der Waals surface area contributed by atoms with Crippen molar-refractivity contribution in [1.29, 1.82) is 0 Å². The molecule has 0 aromatic carbocycles. The summed E-state index contributed by atoms with van der Waals surface area (Å²) < 4.78 is 0. The van der Waals surface area contributed by atoms with Crippen LogP contribution in [-0.4, -0.2) is 17.9 Å². The second-order valence-electron chi connectivity index (χ2n) is 2.71. The van der Waals surface area contributed by atoms with E-state index in [4.69, 9.17) is 5.73 Å². The monoisotopic (exact) mass is 179 g/mol. The van der Waals surface area contributed by atoms with Crippen molar-refractivity contribution in [3.05, 3.63) is 23.4 Å². The Kier molecular flexibility index (Phi) is 2.84. The Balaban J connectivity index is 3.18. The molecule has 0 aliphatic heterocycles. The Morgan fingerprint density at radius 1 is 1.69 bits per heavy atom. The highest BCUT2D eigenvalue weighted by atomic mass is 16.1. The largest absolute Gasteiger partial charge is 0.372 e. The van der Waals surface area contributed by atoms with Crippen LogP contribution >= 0.6 is 0 Å². The Hall–Kier alpha value is -1.58. The number of hydrogen-bond acceptors (Lipinski definition) is 3. The number of carbonyl (C=O) groups is 1. The van der Waals surface area contributed by atoms with Gasteiger partial charge in [0.05, 0.1) is 5.56 Å². The summed E-state index contributed by atoms with van der Waals surface area (Å²) in [5.41, 5.74) is 6.65. The summed E-state index contributed by atoms with van der Waals surface area (Å²) in [5, 5.41) is 2.82. The van der Waals surface area contributed by atoms with Gasteiger partial charge in [-0.2, -0.15) is 0 Å². The molecule has 4 heteroatoms. The van der Waals surface area contributed by atoms with E-state index in [0.29, 0.717) is 11.4 Å². The summed E-state index contributed by atoms with van der Waals surface area (Å²) in [7, 11) is 1.71. The van der Waals surface area contributed by atoms with Gasteiger partial charge in [-0.3, -0.25) is 4.79 Å². The number of hydrogen-bond donors (Lipinski definition) is 2. The van der Waals surface area contributed by atoms with Gasteiger partial charge < -0.3 is 11.1 Å². The van der Waals surface area contributed by atoms with Crippen LogP contribution in [0, 0.1) is 0 Å². The van der Waals surface area contributed by atoms with E-state index in [1.165, 1.54) is 0 Å². The standard InChI is InChI=1S/C9H13N3O/c1-3-6-4-7(8(10)13)9(11-2)12-5-6/h4-5H,3H2,1-2H3,(H2,10,13)(H,11,12). The second-order valence-corrected chi connectivity index (χ2v) is 2.71. The first-order valence-corrected chi connectivity index (χ1v) is 4.15. The van der Waals surface area contributed by atoms with E-state index in [1.54, 1.807) is 19.3 Å². The predicted molar refractivity (Wildman–Crippen MR) is 51.7 cm³/mol. The topological polar surface area (TPSA) is 68.0 Å². The van der Waals surface area contributed by atoms with Crippen LogP contribution in [0.2, 0.25) is 0 Å². The van der Waals surface area contributed by atoms with Crippen molar-refractivity contribution in [3.8, 4) is 0 Å². The highest BCUT2D eigenvalue weighted by Crippen LogP contribution is 2.12. The molecule has 0 bridgehead atoms. The molecule has 0 aliphatic rings. The number of rotatable bonds is 3. The van der Waals surface area contributed by atoms with Gasteiger partial charge in [0, 0.05) is 13.2 Å². The minimum Gasteiger partial charge on any atom is -0.372 e. The Morgan fingerprint density at radius 3 is 2.85 bits per heavy atom. The van der Waals surface area contributed by atoms with E-state index in [0.717, 1.165) is 12.0 Å². The minimum atomic E-state index is -0.452. The lowest BCUT2D eigenvalue weighted by atomic mass is 10.1. The van der Waals surface area contributed by atoms with Crippen LogP contribution in [0.3, 0.4) is 0 Å². The van der Waals surface area contributed by atoms with E-state index < -0.39 is 5.91 Å². The molecule has 4 nitrogen and oxygen atoms in total. The maximum absolute atomic E-state index is 11.0. The van der Waals surface area contributed by atoms with Crippen molar-refractivity contribution in [1.82, 2.24) is 4.98 Å². The molecule has 0 aliphatic carbocycles. The Morgan fingerprint density at radius 2 is 2.38 bits per heavy atom. The number of nitrogens with one attached hydrogen (secondary N) is 1. The fourth-order valence-electron chi connectivity index (χ4n) is 1.09. The number of aryl methyl sites for hydroxylation is 1. The number of aromatic nitrogens is 1. The molecular formula is C9H13N3O. The summed E-state index contributed by atoms with van der Waals surface area (Å²) in [5.74, 6) is 0.0804. The van der Waals surface area contributed by atoms with Gasteiger partial charge in [-0.15, -0.1) is 0 Å². The molecule has 0 saturated carbocycles. The van der Waals surface area contributed by atoms with Crippen LogP contribution in [0.25, 0.3) is 0 Å². The Bertz CT molecular complexity index is 323. The molecule has 1 amide bonds. The number of primary amides is 1. The maximum Gasteiger partial charge on any atom is 0.252 e. The molecule has 1 heterocycles. The van der Waals surface area contributed by atoms with Gasteiger partial charge in [0.15, 0.2) is 0 Å². The zero-order valence-electron chi connectivity index (χ0n) is 7.79. The first-order valence-electron chi connectivity index (χ1n) is 4.15. The van der Waals surface area contributed by atoms with Crippen molar-refractivity contribution < 1.29 is 4.79 Å². The molecule has 0 spiro atoms. The van der Waals surface area contributed by atoms with Crippen LogP contribution in [0.5, 0.6) is 0 Å². The number of pyridine rings is 1. The zero-order valence-corrected chi connectivity index (χ0v) is 7.79. The van der Waals surface area contributed by atoms with Crippen molar-refractivity contribution in [2.45, 2.75) is 13.3 Å². The molecule has 0 radical (unpaired) electrons. The molecule has 0 saturated heterocycles. The normalized spacial score (nSPS) is 9.69. The number of nitrogens with zero attached hydrogens (tertiary/aromatic N) is 1. The van der Waals surface area contributed by atoms with E-state index in [9.17, 15) is 4.79 Å². The van der Waals surface area contributed by atoms with Crippen molar-refractivity contribution in [2.75, 3.05) is 12.4 Å². The van der Waals surface area contributed by atoms with Gasteiger partial charge in [0.1, 0.15) is 5.82 Å². The first kappa shape index (κ1) is 9.51. The maximum atomic E-state index is 11.0. The molecule has 13 heavy (non-hydrogen) atoms. The highest BCUT2D eigenvalue weighted by molar-refractivity contribution is 5.97. The smallest absolute Gasteiger partial charge is 0.252 e. The number of anilines is 1. The summed E-state index contributed by atoms with van der Waals surface area (Å²) in [6, 6.07) is 1.77. The van der Waals surface area contributed by atoms with E-state index in [1.807, 2.05) is 6.92 Å². The third kappa shape index (κ3) is 1.96. The Labute approximate surface area is 77.2 Å². The van der Waals surface area contributed by atoms with E-state index in [-0.39, 0.29) is 0 Å². The van der Waals surface area contributed by atoms with Gasteiger partial charge in [0.2, 0.25) is 0 Å². The molecule has 1 aromatic rings. The fourth-order valence-corrected chi connectivity index (χ4v) is 1.09. The molecule has 0 atom stereocenters. The summed E-state index contributed by atoms with van der Waals surface area (Å²) in [6.07, 6.45) is 2.58. The minimum absolute atomic E-state index is 0.446. The zero-order chi connectivity index (χ0) is 9.84. The number of carbonyl (C=O) groups excluding carboxylic acids is 1. The van der Waals surface area contributed by atoms with Crippen molar-refractivity contribution in [2.24, 2.45) is 5.73 Å². The first-order chi connectivity index (χ1) is 6.19.